The van der Waals surface area contributed by atoms with Crippen molar-refractivity contribution in [3.8, 4) is 0 Å². The Morgan fingerprint density at radius 3 is 2.68 bits per heavy atom. The molecule has 0 fully saturated rings. The Balaban J connectivity index is 1.47. The zero-order chi connectivity index (χ0) is 21.2. The van der Waals surface area contributed by atoms with E-state index in [1.807, 2.05) is 29.5 Å². The molecule has 0 bridgehead atoms. The number of hydrogen-bond acceptors (Lipinski definition) is 5. The molecule has 1 atom stereocenters. The van der Waals surface area contributed by atoms with Crippen LogP contribution in [0.25, 0.3) is 10.2 Å². The highest BCUT2D eigenvalue weighted by atomic mass is 35.5. The van der Waals surface area contributed by atoms with E-state index in [4.69, 9.17) is 21.6 Å². The highest BCUT2D eigenvalue weighted by Crippen LogP contribution is 2.41. The first-order valence-electron chi connectivity index (χ1n) is 10.6. The van der Waals surface area contributed by atoms with Crippen LogP contribution in [0.1, 0.15) is 34.9 Å². The minimum atomic E-state index is 0.744. The minimum Gasteiger partial charge on any atom is -0.365 e. The molecule has 0 saturated heterocycles. The first-order valence-corrected chi connectivity index (χ1v) is 12.8. The van der Waals surface area contributed by atoms with Crippen LogP contribution in [0.15, 0.2) is 59.8 Å². The average molecular weight is 466 g/mol. The molecular formula is C25H24ClN3S2. The number of hydrogen-bond donors (Lipinski definition) is 1. The summed E-state index contributed by atoms with van der Waals surface area (Å²) < 4.78 is 0. The third-order valence-corrected chi connectivity index (χ3v) is 8.04. The van der Waals surface area contributed by atoms with Gasteiger partial charge in [-0.15, -0.1) is 11.3 Å². The first-order chi connectivity index (χ1) is 15.2. The molecule has 158 valence electrons. The van der Waals surface area contributed by atoms with Crippen LogP contribution in [0.4, 0.5) is 5.82 Å². The topological polar surface area (TPSA) is 37.8 Å². The molecule has 31 heavy (non-hydrogen) atoms. The van der Waals surface area contributed by atoms with Gasteiger partial charge in [0.2, 0.25) is 0 Å². The number of anilines is 1. The van der Waals surface area contributed by atoms with Crippen LogP contribution in [-0.4, -0.2) is 9.97 Å². The van der Waals surface area contributed by atoms with Crippen molar-refractivity contribution in [2.45, 2.75) is 43.6 Å². The van der Waals surface area contributed by atoms with E-state index < -0.39 is 0 Å². The molecule has 2 aromatic heterocycles. The summed E-state index contributed by atoms with van der Waals surface area (Å²) in [6.07, 6.45) is 3.52. The lowest BCUT2D eigenvalue weighted by Gasteiger charge is -2.18. The first kappa shape index (κ1) is 20.8. The SMILES string of the molecule is C[C@@H]1CCc2c(sc3nc(SCc4ccc(Cl)cc4)nc(NCc4ccccc4)c23)C1. The smallest absolute Gasteiger partial charge is 0.191 e. The van der Waals surface area contributed by atoms with E-state index in [0.717, 1.165) is 51.9 Å². The Hall–Kier alpha value is -2.08. The summed E-state index contributed by atoms with van der Waals surface area (Å²) in [7, 11) is 0. The quantitative estimate of drug-likeness (QED) is 0.238. The predicted molar refractivity (Wildman–Crippen MR) is 133 cm³/mol. The van der Waals surface area contributed by atoms with E-state index >= 15 is 0 Å². The van der Waals surface area contributed by atoms with Gasteiger partial charge < -0.3 is 5.32 Å². The molecule has 0 spiro atoms. The highest BCUT2D eigenvalue weighted by Gasteiger charge is 2.24. The van der Waals surface area contributed by atoms with Crippen molar-refractivity contribution in [1.82, 2.24) is 9.97 Å². The minimum absolute atomic E-state index is 0.744. The van der Waals surface area contributed by atoms with Gasteiger partial charge >= 0.3 is 0 Å². The molecule has 2 heterocycles. The summed E-state index contributed by atoms with van der Waals surface area (Å²) >= 11 is 9.55. The third-order valence-electron chi connectivity index (χ3n) is 5.72. The van der Waals surface area contributed by atoms with Crippen LogP contribution in [0.3, 0.4) is 0 Å². The molecule has 0 aliphatic heterocycles. The monoisotopic (exact) mass is 465 g/mol. The van der Waals surface area contributed by atoms with Crippen LogP contribution in [-0.2, 0) is 25.1 Å². The largest absolute Gasteiger partial charge is 0.365 e. The summed E-state index contributed by atoms with van der Waals surface area (Å²) in [5, 5.41) is 6.44. The molecule has 3 nitrogen and oxygen atoms in total. The van der Waals surface area contributed by atoms with Gasteiger partial charge in [-0.3, -0.25) is 0 Å². The van der Waals surface area contributed by atoms with Crippen LogP contribution < -0.4 is 5.32 Å². The number of aromatic nitrogens is 2. The molecule has 0 amide bonds. The standard InChI is InChI=1S/C25H24ClN3S2/c1-16-7-12-20-21(13-16)31-24-22(20)23(27-14-17-5-3-2-4-6-17)28-25(29-24)30-15-18-8-10-19(26)11-9-18/h2-6,8-11,16H,7,12-15H2,1H3,(H,27,28,29)/t16-/m1/s1. The molecule has 0 unspecified atom stereocenters. The van der Waals surface area contributed by atoms with E-state index in [-0.39, 0.29) is 0 Å². The molecule has 5 rings (SSSR count). The fourth-order valence-electron chi connectivity index (χ4n) is 4.03. The van der Waals surface area contributed by atoms with Crippen LogP contribution in [0.5, 0.6) is 0 Å². The van der Waals surface area contributed by atoms with Crippen molar-refractivity contribution < 1.29 is 0 Å². The summed E-state index contributed by atoms with van der Waals surface area (Å²) in [6, 6.07) is 18.5. The predicted octanol–water partition coefficient (Wildman–Crippen LogP) is 7.37. The number of fused-ring (bicyclic) bond motifs is 3. The maximum atomic E-state index is 6.02. The van der Waals surface area contributed by atoms with Crippen molar-refractivity contribution in [3.05, 3.63) is 81.2 Å². The fraction of sp³-hybridized carbons (Fsp3) is 0.280. The molecule has 1 aliphatic carbocycles. The Bertz CT molecular complexity index is 1190. The van der Waals surface area contributed by atoms with Gasteiger partial charge in [-0.05, 0) is 54.0 Å². The van der Waals surface area contributed by atoms with Crippen molar-refractivity contribution >= 4 is 50.7 Å². The van der Waals surface area contributed by atoms with Gasteiger partial charge in [0.1, 0.15) is 10.6 Å². The third kappa shape index (κ3) is 4.74. The zero-order valence-electron chi connectivity index (χ0n) is 17.4. The Morgan fingerprint density at radius 2 is 1.87 bits per heavy atom. The van der Waals surface area contributed by atoms with Crippen LogP contribution in [0, 0.1) is 5.92 Å². The van der Waals surface area contributed by atoms with Crippen LogP contribution in [0.2, 0.25) is 5.02 Å². The van der Waals surface area contributed by atoms with E-state index in [2.05, 4.69) is 48.6 Å². The second-order valence-electron chi connectivity index (χ2n) is 8.14. The van der Waals surface area contributed by atoms with Crippen molar-refractivity contribution in [1.29, 1.82) is 0 Å². The summed E-state index contributed by atoms with van der Waals surface area (Å²) in [5.74, 6) is 2.54. The van der Waals surface area contributed by atoms with Crippen molar-refractivity contribution in [2.75, 3.05) is 5.32 Å². The van der Waals surface area contributed by atoms with Gasteiger partial charge in [0, 0.05) is 22.2 Å². The molecule has 4 aromatic rings. The Labute approximate surface area is 196 Å². The fourth-order valence-corrected chi connectivity index (χ4v) is 6.39. The van der Waals surface area contributed by atoms with E-state index in [0.29, 0.717) is 0 Å². The number of rotatable bonds is 6. The number of nitrogens with zero attached hydrogens (tertiary/aromatic N) is 2. The summed E-state index contributed by atoms with van der Waals surface area (Å²) in [5.41, 5.74) is 3.93. The molecule has 1 N–H and O–H groups in total. The average Bonchev–Trinajstić information content (AvgIpc) is 3.15. The maximum absolute atomic E-state index is 6.02. The second-order valence-corrected chi connectivity index (χ2v) is 10.6. The number of thioether (sulfide) groups is 1. The number of halogens is 1. The van der Waals surface area contributed by atoms with E-state index in [1.165, 1.54) is 33.4 Å². The van der Waals surface area contributed by atoms with Crippen LogP contribution >= 0.6 is 34.7 Å². The maximum Gasteiger partial charge on any atom is 0.191 e. The number of aryl methyl sites for hydroxylation is 1. The Morgan fingerprint density at radius 1 is 1.06 bits per heavy atom. The Kier molecular flexibility index (Phi) is 6.17. The van der Waals surface area contributed by atoms with Gasteiger partial charge in [-0.25, -0.2) is 9.97 Å². The van der Waals surface area contributed by atoms with Gasteiger partial charge in [-0.2, -0.15) is 0 Å². The second kappa shape index (κ2) is 9.19. The number of benzene rings is 2. The lowest BCUT2D eigenvalue weighted by molar-refractivity contribution is 0.509. The van der Waals surface area contributed by atoms with E-state index in [1.54, 1.807) is 11.8 Å². The molecule has 2 aromatic carbocycles. The highest BCUT2D eigenvalue weighted by molar-refractivity contribution is 7.98. The van der Waals surface area contributed by atoms with Gasteiger partial charge in [0.05, 0.1) is 5.39 Å². The lowest BCUT2D eigenvalue weighted by atomic mass is 9.89. The number of thiophene rings is 1. The van der Waals surface area contributed by atoms with Gasteiger partial charge in [-0.1, -0.05) is 72.8 Å². The lowest BCUT2D eigenvalue weighted by Crippen LogP contribution is -2.09. The summed E-state index contributed by atoms with van der Waals surface area (Å²) in [4.78, 5) is 12.5. The van der Waals surface area contributed by atoms with Gasteiger partial charge in [0.25, 0.3) is 0 Å². The summed E-state index contributed by atoms with van der Waals surface area (Å²) in [6.45, 7) is 3.11. The van der Waals surface area contributed by atoms with Gasteiger partial charge in [0.15, 0.2) is 5.16 Å². The molecule has 1 aliphatic rings. The normalized spacial score (nSPS) is 15.7. The number of nitrogens with one attached hydrogen (secondary N) is 1. The molecular weight excluding hydrogens is 442 g/mol. The molecule has 0 saturated carbocycles. The zero-order valence-corrected chi connectivity index (χ0v) is 19.8. The van der Waals surface area contributed by atoms with E-state index in [9.17, 15) is 0 Å². The van der Waals surface area contributed by atoms with Crippen molar-refractivity contribution in [2.24, 2.45) is 5.92 Å². The molecule has 0 radical (unpaired) electrons. The molecule has 6 heteroatoms. The van der Waals surface area contributed by atoms with Crippen molar-refractivity contribution in [3.63, 3.8) is 0 Å².